The van der Waals surface area contributed by atoms with Gasteiger partial charge in [0.05, 0.1) is 4.92 Å². The van der Waals surface area contributed by atoms with Crippen LogP contribution < -0.4 is 5.73 Å². The number of nitro benzene ring substituents is 1. The van der Waals surface area contributed by atoms with Gasteiger partial charge in [0, 0.05) is 19.2 Å². The Bertz CT molecular complexity index is 463. The zero-order valence-corrected chi connectivity index (χ0v) is 11.5. The predicted octanol–water partition coefficient (Wildman–Crippen LogP) is 2.15. The molecule has 0 unspecified atom stereocenters. The lowest BCUT2D eigenvalue weighted by molar-refractivity contribution is -0.387. The summed E-state index contributed by atoms with van der Waals surface area (Å²) < 4.78 is 13.5. The molecule has 1 aromatic rings. The van der Waals surface area contributed by atoms with Gasteiger partial charge < -0.3 is 10.6 Å². The van der Waals surface area contributed by atoms with Gasteiger partial charge in [-0.2, -0.15) is 4.39 Å². The van der Waals surface area contributed by atoms with E-state index in [0.29, 0.717) is 18.7 Å². The van der Waals surface area contributed by atoms with Crippen LogP contribution in [0.2, 0.25) is 0 Å². The lowest BCUT2D eigenvalue weighted by Gasteiger charge is -2.29. The molecule has 0 aromatic heterocycles. The lowest BCUT2D eigenvalue weighted by Crippen LogP contribution is -2.36. The molecule has 5 nitrogen and oxygen atoms in total. The van der Waals surface area contributed by atoms with Gasteiger partial charge >= 0.3 is 5.69 Å². The highest BCUT2D eigenvalue weighted by atomic mass is 19.1. The highest BCUT2D eigenvalue weighted by Gasteiger charge is 2.19. The molecule has 0 saturated heterocycles. The molecule has 0 heterocycles. The van der Waals surface area contributed by atoms with Crippen molar-refractivity contribution in [3.8, 4) is 0 Å². The van der Waals surface area contributed by atoms with Crippen molar-refractivity contribution in [2.75, 3.05) is 20.1 Å². The zero-order chi connectivity index (χ0) is 14.6. The standard InChI is InChI=1S/C13H20FN3O2/c1-13(2,8-15)9-16(3)7-10-4-5-12(17(18)19)11(14)6-10/h4-6H,7-9,15H2,1-3H3. The van der Waals surface area contributed by atoms with Crippen LogP contribution in [-0.4, -0.2) is 30.0 Å². The fourth-order valence-corrected chi connectivity index (χ4v) is 1.96. The minimum Gasteiger partial charge on any atom is -0.330 e. The largest absolute Gasteiger partial charge is 0.330 e. The summed E-state index contributed by atoms with van der Waals surface area (Å²) in [7, 11) is 1.91. The van der Waals surface area contributed by atoms with Crippen LogP contribution in [0.4, 0.5) is 10.1 Å². The molecule has 0 atom stereocenters. The van der Waals surface area contributed by atoms with E-state index in [1.54, 1.807) is 6.07 Å². The molecular formula is C13H20FN3O2. The molecule has 0 spiro atoms. The summed E-state index contributed by atoms with van der Waals surface area (Å²) >= 11 is 0. The average Bonchev–Trinajstić information content (AvgIpc) is 2.27. The molecule has 1 rings (SSSR count). The highest BCUT2D eigenvalue weighted by molar-refractivity contribution is 5.34. The van der Waals surface area contributed by atoms with E-state index in [9.17, 15) is 14.5 Å². The number of rotatable bonds is 6. The molecule has 0 aliphatic carbocycles. The molecular weight excluding hydrogens is 249 g/mol. The first-order chi connectivity index (χ1) is 8.75. The Morgan fingerprint density at radius 2 is 2.11 bits per heavy atom. The van der Waals surface area contributed by atoms with E-state index >= 15 is 0 Å². The van der Waals surface area contributed by atoms with Crippen LogP contribution in [0.25, 0.3) is 0 Å². The number of hydrogen-bond acceptors (Lipinski definition) is 4. The topological polar surface area (TPSA) is 72.4 Å². The predicted molar refractivity (Wildman–Crippen MR) is 72.2 cm³/mol. The van der Waals surface area contributed by atoms with Gasteiger partial charge in [0.25, 0.3) is 0 Å². The van der Waals surface area contributed by atoms with E-state index in [2.05, 4.69) is 13.8 Å². The third-order valence-electron chi connectivity index (χ3n) is 2.91. The third kappa shape index (κ3) is 4.57. The first-order valence-electron chi connectivity index (χ1n) is 6.06. The molecule has 0 fully saturated rings. The number of hydrogen-bond donors (Lipinski definition) is 1. The normalized spacial score (nSPS) is 11.9. The van der Waals surface area contributed by atoms with E-state index < -0.39 is 16.4 Å². The minimum atomic E-state index is -0.797. The van der Waals surface area contributed by atoms with Crippen LogP contribution in [0.3, 0.4) is 0 Å². The van der Waals surface area contributed by atoms with Gasteiger partial charge in [-0.1, -0.05) is 19.9 Å². The third-order valence-corrected chi connectivity index (χ3v) is 2.91. The quantitative estimate of drug-likeness (QED) is 0.634. The van der Waals surface area contributed by atoms with E-state index in [4.69, 9.17) is 5.73 Å². The Hall–Kier alpha value is -1.53. The summed E-state index contributed by atoms with van der Waals surface area (Å²) in [5.74, 6) is -0.797. The van der Waals surface area contributed by atoms with E-state index in [1.807, 2.05) is 11.9 Å². The Morgan fingerprint density at radius 3 is 2.58 bits per heavy atom. The molecule has 0 aliphatic rings. The summed E-state index contributed by atoms with van der Waals surface area (Å²) in [4.78, 5) is 11.8. The second kappa shape index (κ2) is 6.08. The molecule has 0 amide bonds. The Labute approximate surface area is 112 Å². The maximum atomic E-state index is 13.5. The number of nitro groups is 1. The van der Waals surface area contributed by atoms with Crippen molar-refractivity contribution in [3.63, 3.8) is 0 Å². The Kier molecular flexibility index (Phi) is 4.97. The van der Waals surface area contributed by atoms with Gasteiger partial charge in [-0.15, -0.1) is 0 Å². The first-order valence-corrected chi connectivity index (χ1v) is 6.06. The number of nitrogens with zero attached hydrogens (tertiary/aromatic N) is 2. The molecule has 0 radical (unpaired) electrons. The van der Waals surface area contributed by atoms with Gasteiger partial charge in [0.2, 0.25) is 5.82 Å². The summed E-state index contributed by atoms with van der Waals surface area (Å²) in [6.45, 7) is 5.96. The van der Waals surface area contributed by atoms with Crippen LogP contribution in [0.5, 0.6) is 0 Å². The van der Waals surface area contributed by atoms with Crippen LogP contribution in [-0.2, 0) is 6.54 Å². The van der Waals surface area contributed by atoms with E-state index in [1.165, 1.54) is 12.1 Å². The van der Waals surface area contributed by atoms with Gasteiger partial charge in [0.15, 0.2) is 0 Å². The monoisotopic (exact) mass is 269 g/mol. The summed E-state index contributed by atoms with van der Waals surface area (Å²) in [6, 6.07) is 3.99. The van der Waals surface area contributed by atoms with Crippen LogP contribution in [0, 0.1) is 21.3 Å². The second-order valence-electron chi connectivity index (χ2n) is 5.58. The SMILES string of the molecule is CN(Cc1ccc([N+](=O)[O-])c(F)c1)CC(C)(C)CN. The molecule has 6 heteroatoms. The van der Waals surface area contributed by atoms with Crippen LogP contribution >= 0.6 is 0 Å². The van der Waals surface area contributed by atoms with Crippen molar-refractivity contribution in [1.29, 1.82) is 0 Å². The van der Waals surface area contributed by atoms with E-state index in [0.717, 1.165) is 6.54 Å². The summed E-state index contributed by atoms with van der Waals surface area (Å²) in [6.07, 6.45) is 0. The Morgan fingerprint density at radius 1 is 1.47 bits per heavy atom. The maximum Gasteiger partial charge on any atom is 0.304 e. The Balaban J connectivity index is 2.73. The summed E-state index contributed by atoms with van der Waals surface area (Å²) in [5, 5.41) is 10.5. The van der Waals surface area contributed by atoms with Crippen LogP contribution in [0.15, 0.2) is 18.2 Å². The smallest absolute Gasteiger partial charge is 0.304 e. The van der Waals surface area contributed by atoms with E-state index in [-0.39, 0.29) is 5.41 Å². The van der Waals surface area contributed by atoms with Crippen molar-refractivity contribution in [2.24, 2.45) is 11.1 Å². The number of nitrogens with two attached hydrogens (primary N) is 1. The molecule has 1 aromatic carbocycles. The zero-order valence-electron chi connectivity index (χ0n) is 11.5. The van der Waals surface area contributed by atoms with Gasteiger partial charge in [-0.05, 0) is 30.6 Å². The molecule has 0 aliphatic heterocycles. The van der Waals surface area contributed by atoms with Gasteiger partial charge in [0.1, 0.15) is 0 Å². The lowest BCUT2D eigenvalue weighted by atomic mass is 9.93. The number of benzene rings is 1. The minimum absolute atomic E-state index is 0.0198. The summed E-state index contributed by atoms with van der Waals surface area (Å²) in [5.41, 5.74) is 5.86. The molecule has 106 valence electrons. The molecule has 0 bridgehead atoms. The van der Waals surface area contributed by atoms with Crippen molar-refractivity contribution in [3.05, 3.63) is 39.7 Å². The van der Waals surface area contributed by atoms with Crippen molar-refractivity contribution in [1.82, 2.24) is 4.90 Å². The average molecular weight is 269 g/mol. The fourth-order valence-electron chi connectivity index (χ4n) is 1.96. The first kappa shape index (κ1) is 15.5. The number of halogens is 1. The highest BCUT2D eigenvalue weighted by Crippen LogP contribution is 2.20. The molecule has 2 N–H and O–H groups in total. The maximum absolute atomic E-state index is 13.5. The fraction of sp³-hybridized carbons (Fsp3) is 0.538. The van der Waals surface area contributed by atoms with Crippen LogP contribution in [0.1, 0.15) is 19.4 Å². The molecule has 0 saturated carbocycles. The molecule has 19 heavy (non-hydrogen) atoms. The van der Waals surface area contributed by atoms with Gasteiger partial charge in [-0.3, -0.25) is 10.1 Å². The van der Waals surface area contributed by atoms with Crippen molar-refractivity contribution < 1.29 is 9.31 Å². The van der Waals surface area contributed by atoms with Crippen molar-refractivity contribution >= 4 is 5.69 Å². The second-order valence-corrected chi connectivity index (χ2v) is 5.58. The van der Waals surface area contributed by atoms with Crippen molar-refractivity contribution in [2.45, 2.75) is 20.4 Å². The van der Waals surface area contributed by atoms with Gasteiger partial charge in [-0.25, -0.2) is 0 Å².